The Bertz CT molecular complexity index is 384. The summed E-state index contributed by atoms with van der Waals surface area (Å²) in [6, 6.07) is 5.68. The van der Waals surface area contributed by atoms with E-state index in [1.807, 2.05) is 18.2 Å². The zero-order valence-corrected chi connectivity index (χ0v) is 11.5. The van der Waals surface area contributed by atoms with Crippen LogP contribution in [-0.4, -0.2) is 17.6 Å². The molecule has 0 heterocycles. The first-order valence-electron chi connectivity index (χ1n) is 4.79. The number of halogens is 2. The van der Waals surface area contributed by atoms with Crippen molar-refractivity contribution < 1.29 is 5.21 Å². The van der Waals surface area contributed by atoms with Crippen molar-refractivity contribution in [1.82, 2.24) is 0 Å². The van der Waals surface area contributed by atoms with Crippen LogP contribution in [0.1, 0.15) is 12.8 Å². The lowest BCUT2D eigenvalue weighted by Crippen LogP contribution is -2.13. The van der Waals surface area contributed by atoms with E-state index in [9.17, 15) is 0 Å². The fourth-order valence-electron chi connectivity index (χ4n) is 1.18. The molecule has 1 aromatic carbocycles. The maximum absolute atomic E-state index is 8.35. The molecule has 0 radical (unpaired) electrons. The third kappa shape index (κ3) is 4.44. The number of benzene rings is 1. The van der Waals surface area contributed by atoms with Crippen molar-refractivity contribution in [3.8, 4) is 0 Å². The molecule has 16 heavy (non-hydrogen) atoms. The monoisotopic (exact) mass is 353 g/mol. The Morgan fingerprint density at radius 2 is 2.31 bits per heavy atom. The van der Waals surface area contributed by atoms with Gasteiger partial charge in [-0.2, -0.15) is 0 Å². The molecule has 0 aliphatic heterocycles. The summed E-state index contributed by atoms with van der Waals surface area (Å²) < 4.78 is 1.08. The molecule has 0 aromatic heterocycles. The van der Waals surface area contributed by atoms with Crippen LogP contribution in [0, 0.1) is 3.57 Å². The molecule has 0 saturated heterocycles. The average Bonchev–Trinajstić information content (AvgIpc) is 2.26. The van der Waals surface area contributed by atoms with Crippen molar-refractivity contribution in [2.24, 2.45) is 10.9 Å². The van der Waals surface area contributed by atoms with Gasteiger partial charge in [0.1, 0.15) is 5.84 Å². The molecule has 0 aliphatic rings. The van der Waals surface area contributed by atoms with Gasteiger partial charge in [0.25, 0.3) is 0 Å². The highest BCUT2D eigenvalue weighted by atomic mass is 127. The van der Waals surface area contributed by atoms with Crippen LogP contribution in [0.2, 0.25) is 5.02 Å². The molecule has 88 valence electrons. The minimum absolute atomic E-state index is 0.257. The summed E-state index contributed by atoms with van der Waals surface area (Å²) in [6.45, 7) is 0.772. The zero-order valence-electron chi connectivity index (χ0n) is 8.58. The second-order valence-corrected chi connectivity index (χ2v) is 4.84. The van der Waals surface area contributed by atoms with E-state index in [1.54, 1.807) is 0 Å². The number of hydrogen-bond acceptors (Lipinski definition) is 3. The van der Waals surface area contributed by atoms with Crippen LogP contribution >= 0.6 is 34.2 Å². The SMILES string of the molecule is N/C(CCCNc1ccc(Cl)cc1I)=N/O. The number of hydrogen-bond donors (Lipinski definition) is 3. The molecule has 6 heteroatoms. The van der Waals surface area contributed by atoms with Gasteiger partial charge in [-0.3, -0.25) is 0 Å². The maximum atomic E-state index is 8.35. The van der Waals surface area contributed by atoms with E-state index < -0.39 is 0 Å². The molecular weight excluding hydrogens is 340 g/mol. The molecule has 0 bridgehead atoms. The van der Waals surface area contributed by atoms with Crippen LogP contribution in [0.5, 0.6) is 0 Å². The first-order chi connectivity index (χ1) is 7.63. The van der Waals surface area contributed by atoms with Gasteiger partial charge in [-0.1, -0.05) is 16.8 Å². The summed E-state index contributed by atoms with van der Waals surface area (Å²) in [4.78, 5) is 0. The molecule has 4 N–H and O–H groups in total. The molecule has 0 fully saturated rings. The molecule has 0 spiro atoms. The number of nitrogens with one attached hydrogen (secondary N) is 1. The molecular formula is C10H13ClIN3O. The smallest absolute Gasteiger partial charge is 0.139 e. The van der Waals surface area contributed by atoms with Crippen molar-refractivity contribution in [2.45, 2.75) is 12.8 Å². The Morgan fingerprint density at radius 3 is 2.94 bits per heavy atom. The molecule has 4 nitrogen and oxygen atoms in total. The first kappa shape index (κ1) is 13.4. The highest BCUT2D eigenvalue weighted by Gasteiger charge is 2.00. The summed E-state index contributed by atoms with van der Waals surface area (Å²) >= 11 is 8.07. The minimum Gasteiger partial charge on any atom is -0.409 e. The van der Waals surface area contributed by atoms with Gasteiger partial charge in [-0.05, 0) is 47.2 Å². The highest BCUT2D eigenvalue weighted by Crippen LogP contribution is 2.22. The van der Waals surface area contributed by atoms with Crippen LogP contribution in [-0.2, 0) is 0 Å². The molecule has 0 saturated carbocycles. The fourth-order valence-corrected chi connectivity index (χ4v) is 2.24. The summed E-state index contributed by atoms with van der Waals surface area (Å²) in [6.07, 6.45) is 1.39. The number of amidine groups is 1. The quantitative estimate of drug-likeness (QED) is 0.190. The number of rotatable bonds is 5. The van der Waals surface area contributed by atoms with E-state index in [4.69, 9.17) is 22.5 Å². The van der Waals surface area contributed by atoms with Gasteiger partial charge >= 0.3 is 0 Å². The van der Waals surface area contributed by atoms with Crippen LogP contribution in [0.4, 0.5) is 5.69 Å². The Labute approximate surface area is 113 Å². The van der Waals surface area contributed by atoms with E-state index in [2.05, 4.69) is 33.1 Å². The Morgan fingerprint density at radius 1 is 1.56 bits per heavy atom. The largest absolute Gasteiger partial charge is 0.409 e. The van der Waals surface area contributed by atoms with Crippen molar-refractivity contribution in [3.05, 3.63) is 26.8 Å². The summed E-state index contributed by atoms with van der Waals surface area (Å²) in [7, 11) is 0. The van der Waals surface area contributed by atoms with Gasteiger partial charge in [-0.25, -0.2) is 0 Å². The first-order valence-corrected chi connectivity index (χ1v) is 6.24. The van der Waals surface area contributed by atoms with Crippen molar-refractivity contribution >= 4 is 45.7 Å². The summed E-state index contributed by atoms with van der Waals surface area (Å²) in [5.74, 6) is 0.257. The molecule has 0 atom stereocenters. The second kappa shape index (κ2) is 6.80. The molecule has 1 aromatic rings. The third-order valence-electron chi connectivity index (χ3n) is 1.98. The van der Waals surface area contributed by atoms with Crippen LogP contribution in [0.25, 0.3) is 0 Å². The van der Waals surface area contributed by atoms with Gasteiger partial charge in [-0.15, -0.1) is 0 Å². The minimum atomic E-state index is 0.257. The van der Waals surface area contributed by atoms with Gasteiger partial charge < -0.3 is 16.3 Å². The lowest BCUT2D eigenvalue weighted by Gasteiger charge is -2.08. The van der Waals surface area contributed by atoms with Gasteiger partial charge in [0.05, 0.1) is 0 Å². The number of oxime groups is 1. The second-order valence-electron chi connectivity index (χ2n) is 3.25. The molecule has 0 unspecified atom stereocenters. The van der Waals surface area contributed by atoms with E-state index in [0.717, 1.165) is 27.2 Å². The van der Waals surface area contributed by atoms with Crippen molar-refractivity contribution in [3.63, 3.8) is 0 Å². The zero-order chi connectivity index (χ0) is 12.0. The van der Waals surface area contributed by atoms with Crippen molar-refractivity contribution in [1.29, 1.82) is 0 Å². The van der Waals surface area contributed by atoms with Crippen LogP contribution in [0.3, 0.4) is 0 Å². The number of nitrogens with zero attached hydrogens (tertiary/aromatic N) is 1. The predicted octanol–water partition coefficient (Wildman–Crippen LogP) is 2.88. The van der Waals surface area contributed by atoms with Gasteiger partial charge in [0, 0.05) is 27.2 Å². The molecule has 0 aliphatic carbocycles. The number of nitrogens with two attached hydrogens (primary N) is 1. The lowest BCUT2D eigenvalue weighted by atomic mass is 10.2. The third-order valence-corrected chi connectivity index (χ3v) is 3.11. The fraction of sp³-hybridized carbons (Fsp3) is 0.300. The standard InChI is InChI=1S/C10H13ClIN3O/c11-7-3-4-9(8(12)6-7)14-5-1-2-10(13)15-16/h3-4,6,14,16H,1-2,5H2,(H2,13,15). The topological polar surface area (TPSA) is 70.6 Å². The lowest BCUT2D eigenvalue weighted by molar-refractivity contribution is 0.316. The van der Waals surface area contributed by atoms with E-state index in [-0.39, 0.29) is 5.84 Å². The molecule has 0 amide bonds. The van der Waals surface area contributed by atoms with E-state index >= 15 is 0 Å². The van der Waals surface area contributed by atoms with Crippen LogP contribution in [0.15, 0.2) is 23.4 Å². The normalized spacial score (nSPS) is 11.5. The number of anilines is 1. The van der Waals surface area contributed by atoms with Crippen LogP contribution < -0.4 is 11.1 Å². The van der Waals surface area contributed by atoms with E-state index in [1.165, 1.54) is 0 Å². The highest BCUT2D eigenvalue weighted by molar-refractivity contribution is 14.1. The van der Waals surface area contributed by atoms with Crippen molar-refractivity contribution in [2.75, 3.05) is 11.9 Å². The summed E-state index contributed by atoms with van der Waals surface area (Å²) in [5, 5.41) is 15.3. The average molecular weight is 354 g/mol. The molecule has 1 rings (SSSR count). The van der Waals surface area contributed by atoms with E-state index in [0.29, 0.717) is 6.42 Å². The predicted molar refractivity (Wildman–Crippen MR) is 75.3 cm³/mol. The Hall–Kier alpha value is -0.690. The van der Waals surface area contributed by atoms with Gasteiger partial charge in [0.2, 0.25) is 0 Å². The maximum Gasteiger partial charge on any atom is 0.139 e. The Balaban J connectivity index is 2.37. The Kier molecular flexibility index (Phi) is 5.68. The summed E-state index contributed by atoms with van der Waals surface area (Å²) in [5.41, 5.74) is 6.40. The van der Waals surface area contributed by atoms with Gasteiger partial charge in [0.15, 0.2) is 0 Å².